The van der Waals surface area contributed by atoms with E-state index in [-0.39, 0.29) is 25.1 Å². The van der Waals surface area contributed by atoms with Gasteiger partial charge in [-0.3, -0.25) is 14.6 Å². The highest BCUT2D eigenvalue weighted by atomic mass is 32.2. The monoisotopic (exact) mass is 656 g/mol. The molecule has 1 aliphatic heterocycles. The molecule has 13 heteroatoms. The molecule has 0 unspecified atom stereocenters. The van der Waals surface area contributed by atoms with Crippen LogP contribution in [0.5, 0.6) is 0 Å². The number of carbonyl (C=O) groups excluding carboxylic acids is 1. The summed E-state index contributed by atoms with van der Waals surface area (Å²) in [6.07, 6.45) is 9.05. The van der Waals surface area contributed by atoms with Gasteiger partial charge in [0.15, 0.2) is 28.2 Å². The zero-order valence-electron chi connectivity index (χ0n) is 25.3. The maximum absolute atomic E-state index is 15.0. The summed E-state index contributed by atoms with van der Waals surface area (Å²) in [5.74, 6) is -8.20. The van der Waals surface area contributed by atoms with Gasteiger partial charge in [-0.05, 0) is 73.4 Å². The number of rotatable bonds is 7. The Morgan fingerprint density at radius 3 is 2.35 bits per heavy atom. The van der Waals surface area contributed by atoms with E-state index in [2.05, 4.69) is 4.98 Å². The highest BCUT2D eigenvalue weighted by Crippen LogP contribution is 2.36. The van der Waals surface area contributed by atoms with Gasteiger partial charge in [0.25, 0.3) is 5.56 Å². The summed E-state index contributed by atoms with van der Waals surface area (Å²) < 4.78 is 86.8. The van der Waals surface area contributed by atoms with Crippen molar-refractivity contribution in [3.8, 4) is 0 Å². The number of carbonyl (C=O) groups is 1. The molecule has 3 heterocycles. The van der Waals surface area contributed by atoms with Crippen molar-refractivity contribution in [3.63, 3.8) is 0 Å². The summed E-state index contributed by atoms with van der Waals surface area (Å²) in [4.78, 5) is 31.1. The molecule has 242 valence electrons. The minimum atomic E-state index is -5.10. The molecule has 8 nitrogen and oxygen atoms in total. The number of hydrogen-bond donors (Lipinski definition) is 0. The lowest BCUT2D eigenvalue weighted by Crippen LogP contribution is -2.59. The number of aromatic nitrogens is 2. The third kappa shape index (κ3) is 5.49. The summed E-state index contributed by atoms with van der Waals surface area (Å²) in [5.41, 5.74) is 0.717. The van der Waals surface area contributed by atoms with Crippen LogP contribution in [-0.4, -0.2) is 40.8 Å². The summed E-state index contributed by atoms with van der Waals surface area (Å²) in [5, 5.41) is 0.946. The van der Waals surface area contributed by atoms with Crippen LogP contribution in [0.4, 0.5) is 23.2 Å². The van der Waals surface area contributed by atoms with Crippen LogP contribution in [0.3, 0.4) is 0 Å². The largest absolute Gasteiger partial charge is 0.318 e. The first-order valence-electron chi connectivity index (χ1n) is 15.1. The number of hydrogen-bond acceptors (Lipinski definition) is 5. The fraction of sp³-hybridized carbons (Fsp3) is 0.364. The molecule has 0 radical (unpaired) electrons. The molecule has 4 aromatic rings. The molecule has 0 spiro atoms. The van der Waals surface area contributed by atoms with Crippen LogP contribution in [-0.2, 0) is 28.4 Å². The van der Waals surface area contributed by atoms with E-state index in [1.807, 2.05) is 12.1 Å². The standard InChI is InChI=1S/C33H32F4N4O4S/c1-19-27(34)29(36)30(37)31(28(19)35)46(44,45)41-15-13-26(41)33(43)40(24-10-11-25-21(16-24)12-14-39(2)32(25)42)18-23-9-8-22(17-38-23)20-6-4-3-5-7-20/h8-12,14,16-17,20,26H,3-7,13,15,18H2,1-2H3/t26-/m1/s1. The van der Waals surface area contributed by atoms with E-state index in [9.17, 15) is 35.6 Å². The molecule has 1 amide bonds. The first kappa shape index (κ1) is 31.9. The molecule has 2 fully saturated rings. The minimum Gasteiger partial charge on any atom is -0.318 e. The quantitative estimate of drug-likeness (QED) is 0.142. The number of fused-ring (bicyclic) bond motifs is 1. The van der Waals surface area contributed by atoms with Crippen LogP contribution in [0.15, 0.2) is 58.5 Å². The molecule has 1 saturated heterocycles. The van der Waals surface area contributed by atoms with Crippen molar-refractivity contribution in [2.24, 2.45) is 7.05 Å². The number of nitrogens with zero attached hydrogens (tertiary/aromatic N) is 4. The smallest absolute Gasteiger partial charge is 0.258 e. The zero-order valence-corrected chi connectivity index (χ0v) is 26.1. The second kappa shape index (κ2) is 12.3. The Labute approximate surface area is 263 Å². The third-order valence-corrected chi connectivity index (χ3v) is 11.1. The lowest BCUT2D eigenvalue weighted by Gasteiger charge is -2.41. The van der Waals surface area contributed by atoms with E-state index >= 15 is 0 Å². The molecular weight excluding hydrogens is 624 g/mol. The zero-order chi connectivity index (χ0) is 32.9. The van der Waals surface area contributed by atoms with Crippen molar-refractivity contribution in [2.45, 2.75) is 68.8 Å². The second-order valence-corrected chi connectivity index (χ2v) is 13.8. The number of anilines is 1. The van der Waals surface area contributed by atoms with Gasteiger partial charge in [0, 0.05) is 42.6 Å². The van der Waals surface area contributed by atoms with Gasteiger partial charge in [-0.2, -0.15) is 4.31 Å². The van der Waals surface area contributed by atoms with Crippen LogP contribution < -0.4 is 10.5 Å². The van der Waals surface area contributed by atoms with Gasteiger partial charge < -0.3 is 9.47 Å². The molecule has 0 N–H and O–H groups in total. The number of pyridine rings is 2. The van der Waals surface area contributed by atoms with Gasteiger partial charge in [0.2, 0.25) is 15.9 Å². The number of halogens is 4. The molecule has 2 aliphatic rings. The van der Waals surface area contributed by atoms with Crippen molar-refractivity contribution in [1.82, 2.24) is 13.9 Å². The molecule has 1 atom stereocenters. The summed E-state index contributed by atoms with van der Waals surface area (Å²) >= 11 is 0. The number of sulfonamides is 1. The first-order chi connectivity index (χ1) is 21.9. The highest BCUT2D eigenvalue weighted by Gasteiger charge is 2.47. The minimum absolute atomic E-state index is 0.0165. The predicted octanol–water partition coefficient (Wildman–Crippen LogP) is 5.84. The summed E-state index contributed by atoms with van der Waals surface area (Å²) in [6, 6.07) is 8.85. The van der Waals surface area contributed by atoms with Crippen molar-refractivity contribution in [3.05, 3.63) is 99.2 Å². The second-order valence-electron chi connectivity index (χ2n) is 12.0. The number of amides is 1. The molecule has 1 aliphatic carbocycles. The van der Waals surface area contributed by atoms with E-state index in [0.29, 0.717) is 32.4 Å². The van der Waals surface area contributed by atoms with Gasteiger partial charge in [0.05, 0.1) is 12.2 Å². The molecule has 1 saturated carbocycles. The van der Waals surface area contributed by atoms with Gasteiger partial charge in [-0.25, -0.2) is 26.0 Å². The Balaban J connectivity index is 1.36. The summed E-state index contributed by atoms with van der Waals surface area (Å²) in [7, 11) is -3.49. The highest BCUT2D eigenvalue weighted by molar-refractivity contribution is 7.89. The fourth-order valence-electron chi connectivity index (χ4n) is 6.31. The van der Waals surface area contributed by atoms with Crippen LogP contribution >= 0.6 is 0 Å². The topological polar surface area (TPSA) is 92.6 Å². The van der Waals surface area contributed by atoms with Gasteiger partial charge in [-0.15, -0.1) is 0 Å². The van der Waals surface area contributed by atoms with Crippen LogP contribution in [0.1, 0.15) is 61.3 Å². The average Bonchev–Trinajstić information content (AvgIpc) is 3.03. The predicted molar refractivity (Wildman–Crippen MR) is 164 cm³/mol. The van der Waals surface area contributed by atoms with Crippen LogP contribution in [0, 0.1) is 30.2 Å². The number of aryl methyl sites for hydroxylation is 1. The molecular formula is C33H32F4N4O4S. The van der Waals surface area contributed by atoms with Crippen molar-refractivity contribution < 1.29 is 30.8 Å². The fourth-order valence-corrected chi connectivity index (χ4v) is 8.12. The normalized spacial score (nSPS) is 17.7. The Hall–Kier alpha value is -4.10. The van der Waals surface area contributed by atoms with E-state index in [4.69, 9.17) is 0 Å². The van der Waals surface area contributed by atoms with Gasteiger partial charge in [-0.1, -0.05) is 25.3 Å². The van der Waals surface area contributed by atoms with Crippen molar-refractivity contribution in [1.29, 1.82) is 0 Å². The molecule has 2 aromatic carbocycles. The first-order valence-corrected chi connectivity index (χ1v) is 16.5. The van der Waals surface area contributed by atoms with E-state index in [1.165, 1.54) is 15.9 Å². The van der Waals surface area contributed by atoms with Crippen molar-refractivity contribution in [2.75, 3.05) is 11.4 Å². The van der Waals surface area contributed by atoms with Crippen molar-refractivity contribution >= 4 is 32.4 Å². The van der Waals surface area contributed by atoms with Gasteiger partial charge in [0.1, 0.15) is 6.04 Å². The molecule has 2 aromatic heterocycles. The Morgan fingerprint density at radius 1 is 0.957 bits per heavy atom. The molecule has 0 bridgehead atoms. The average molecular weight is 657 g/mol. The van der Waals surface area contributed by atoms with E-state index < -0.39 is 55.7 Å². The molecule has 6 rings (SSSR count). The van der Waals surface area contributed by atoms with E-state index in [1.54, 1.807) is 43.7 Å². The Kier molecular flexibility index (Phi) is 8.49. The molecule has 46 heavy (non-hydrogen) atoms. The van der Waals surface area contributed by atoms with Gasteiger partial charge >= 0.3 is 0 Å². The van der Waals surface area contributed by atoms with Crippen LogP contribution in [0.25, 0.3) is 10.8 Å². The maximum Gasteiger partial charge on any atom is 0.258 e. The third-order valence-electron chi connectivity index (χ3n) is 9.15. The Morgan fingerprint density at radius 2 is 1.70 bits per heavy atom. The number of benzene rings is 2. The van der Waals surface area contributed by atoms with E-state index in [0.717, 1.165) is 38.2 Å². The Bertz CT molecular complexity index is 1980. The maximum atomic E-state index is 15.0. The lowest BCUT2D eigenvalue weighted by molar-refractivity contribution is -0.125. The lowest BCUT2D eigenvalue weighted by atomic mass is 9.85. The van der Waals surface area contributed by atoms with Crippen LogP contribution in [0.2, 0.25) is 0 Å². The SMILES string of the molecule is Cc1c(F)c(F)c(F)c(S(=O)(=O)N2CC[C@@H]2C(=O)N(Cc2ccc(C3CCCCC3)cn2)c2ccc3c(=O)n(C)ccc3c2)c1F. The summed E-state index contributed by atoms with van der Waals surface area (Å²) in [6.45, 7) is 0.454.